The summed E-state index contributed by atoms with van der Waals surface area (Å²) in [5, 5.41) is 3.24. The Morgan fingerprint density at radius 3 is 2.55 bits per heavy atom. The SMILES string of the molecule is COc1ccc(Br)cc1CNCC(C)(C)NS(C)(=O)=O. The van der Waals surface area contributed by atoms with Crippen LogP contribution in [0.2, 0.25) is 0 Å². The standard InChI is InChI=1S/C13H21BrN2O3S/c1-13(2,16-20(4,17)18)9-15-8-10-7-11(14)5-6-12(10)19-3/h5-7,15-16H,8-9H2,1-4H3. The quantitative estimate of drug-likeness (QED) is 0.774. The van der Waals surface area contributed by atoms with Crippen LogP contribution in [0.4, 0.5) is 0 Å². The zero-order chi connectivity index (χ0) is 15.4. The van der Waals surface area contributed by atoms with Crippen LogP contribution in [0.3, 0.4) is 0 Å². The number of sulfonamides is 1. The second kappa shape index (κ2) is 6.89. The first-order valence-corrected chi connectivity index (χ1v) is 8.83. The van der Waals surface area contributed by atoms with Gasteiger partial charge in [0.25, 0.3) is 0 Å². The fourth-order valence-corrected chi connectivity index (χ4v) is 3.42. The summed E-state index contributed by atoms with van der Waals surface area (Å²) in [6, 6.07) is 5.78. The normalized spacial score (nSPS) is 12.4. The molecule has 0 saturated heterocycles. The molecule has 0 saturated carbocycles. The Morgan fingerprint density at radius 2 is 2.00 bits per heavy atom. The zero-order valence-electron chi connectivity index (χ0n) is 12.2. The maximum Gasteiger partial charge on any atom is 0.209 e. The summed E-state index contributed by atoms with van der Waals surface area (Å²) in [6.45, 7) is 4.77. The van der Waals surface area contributed by atoms with Crippen molar-refractivity contribution in [3.63, 3.8) is 0 Å². The minimum atomic E-state index is -3.22. The third-order valence-corrected chi connectivity index (χ3v) is 4.00. The van der Waals surface area contributed by atoms with Crippen LogP contribution >= 0.6 is 15.9 Å². The van der Waals surface area contributed by atoms with Gasteiger partial charge >= 0.3 is 0 Å². The Labute approximate surface area is 129 Å². The summed E-state index contributed by atoms with van der Waals surface area (Å²) < 4.78 is 31.4. The first-order chi connectivity index (χ1) is 9.13. The van der Waals surface area contributed by atoms with Gasteiger partial charge in [-0.05, 0) is 32.0 Å². The summed E-state index contributed by atoms with van der Waals surface area (Å²) in [4.78, 5) is 0. The van der Waals surface area contributed by atoms with E-state index in [1.54, 1.807) is 7.11 Å². The number of methoxy groups -OCH3 is 1. The molecule has 0 bridgehead atoms. The van der Waals surface area contributed by atoms with Crippen molar-refractivity contribution < 1.29 is 13.2 Å². The molecule has 0 aliphatic heterocycles. The maximum atomic E-state index is 11.3. The fraction of sp³-hybridized carbons (Fsp3) is 0.538. The van der Waals surface area contributed by atoms with Crippen molar-refractivity contribution in [3.05, 3.63) is 28.2 Å². The summed E-state index contributed by atoms with van der Waals surface area (Å²) in [6.07, 6.45) is 1.16. The molecule has 0 amide bonds. The Bertz CT molecular complexity index is 559. The summed E-state index contributed by atoms with van der Waals surface area (Å²) in [5.74, 6) is 0.801. The Morgan fingerprint density at radius 1 is 1.35 bits per heavy atom. The number of rotatable bonds is 7. The van der Waals surface area contributed by atoms with Gasteiger partial charge in [0, 0.05) is 28.7 Å². The third-order valence-electron chi connectivity index (χ3n) is 2.59. The van der Waals surface area contributed by atoms with E-state index in [4.69, 9.17) is 4.74 Å². The van der Waals surface area contributed by atoms with Gasteiger partial charge in [-0.2, -0.15) is 0 Å². The Hall–Kier alpha value is -0.630. The first kappa shape index (κ1) is 17.4. The monoisotopic (exact) mass is 364 g/mol. The highest BCUT2D eigenvalue weighted by Crippen LogP contribution is 2.22. The lowest BCUT2D eigenvalue weighted by Crippen LogP contribution is -2.49. The lowest BCUT2D eigenvalue weighted by atomic mass is 10.1. The molecule has 114 valence electrons. The maximum absolute atomic E-state index is 11.3. The smallest absolute Gasteiger partial charge is 0.209 e. The molecule has 1 aromatic carbocycles. The fourth-order valence-electron chi connectivity index (χ4n) is 1.93. The minimum absolute atomic E-state index is 0.510. The van der Waals surface area contributed by atoms with Crippen LogP contribution in [0.1, 0.15) is 19.4 Å². The van der Waals surface area contributed by atoms with Gasteiger partial charge < -0.3 is 10.1 Å². The lowest BCUT2D eigenvalue weighted by molar-refractivity contribution is 0.398. The predicted molar refractivity (Wildman–Crippen MR) is 84.5 cm³/mol. The van der Waals surface area contributed by atoms with E-state index in [0.29, 0.717) is 13.1 Å². The molecule has 0 aliphatic carbocycles. The van der Waals surface area contributed by atoms with Crippen molar-refractivity contribution in [3.8, 4) is 5.75 Å². The van der Waals surface area contributed by atoms with Gasteiger partial charge in [-0.15, -0.1) is 0 Å². The number of benzene rings is 1. The van der Waals surface area contributed by atoms with Crippen molar-refractivity contribution in [1.29, 1.82) is 0 Å². The number of ether oxygens (including phenoxy) is 1. The van der Waals surface area contributed by atoms with Crippen molar-refractivity contribution >= 4 is 26.0 Å². The third kappa shape index (κ3) is 6.21. The summed E-state index contributed by atoms with van der Waals surface area (Å²) in [5.41, 5.74) is 0.462. The van der Waals surface area contributed by atoms with Crippen LogP contribution in [0.25, 0.3) is 0 Å². The Balaban J connectivity index is 2.62. The number of hydrogen-bond acceptors (Lipinski definition) is 4. The molecule has 5 nitrogen and oxygen atoms in total. The highest BCUT2D eigenvalue weighted by atomic mass is 79.9. The van der Waals surface area contributed by atoms with Crippen LogP contribution in [0, 0.1) is 0 Å². The first-order valence-electron chi connectivity index (χ1n) is 6.15. The van der Waals surface area contributed by atoms with Crippen molar-refractivity contribution in [1.82, 2.24) is 10.0 Å². The molecule has 0 aliphatic rings. The highest BCUT2D eigenvalue weighted by molar-refractivity contribution is 9.10. The van der Waals surface area contributed by atoms with E-state index in [0.717, 1.165) is 22.0 Å². The molecule has 0 spiro atoms. The van der Waals surface area contributed by atoms with E-state index in [-0.39, 0.29) is 0 Å². The van der Waals surface area contributed by atoms with Gasteiger partial charge in [0.15, 0.2) is 0 Å². The van der Waals surface area contributed by atoms with E-state index in [2.05, 4.69) is 26.0 Å². The molecule has 1 rings (SSSR count). The molecule has 0 atom stereocenters. The molecule has 0 fully saturated rings. The predicted octanol–water partition coefficient (Wildman–Crippen LogP) is 1.88. The lowest BCUT2D eigenvalue weighted by Gasteiger charge is -2.25. The van der Waals surface area contributed by atoms with Crippen LogP contribution in [0.5, 0.6) is 5.75 Å². The summed E-state index contributed by atoms with van der Waals surface area (Å²) >= 11 is 3.42. The van der Waals surface area contributed by atoms with Gasteiger partial charge in [-0.25, -0.2) is 13.1 Å². The van der Waals surface area contributed by atoms with Crippen molar-refractivity contribution in [2.45, 2.75) is 25.9 Å². The molecule has 7 heteroatoms. The molecule has 1 aromatic rings. The van der Waals surface area contributed by atoms with E-state index in [1.165, 1.54) is 0 Å². The van der Waals surface area contributed by atoms with E-state index < -0.39 is 15.6 Å². The molecule has 0 radical (unpaired) electrons. The number of hydrogen-bond donors (Lipinski definition) is 2. The average molecular weight is 365 g/mol. The largest absolute Gasteiger partial charge is 0.496 e. The minimum Gasteiger partial charge on any atom is -0.496 e. The number of halogens is 1. The molecule has 0 aromatic heterocycles. The topological polar surface area (TPSA) is 67.4 Å². The van der Waals surface area contributed by atoms with E-state index >= 15 is 0 Å². The van der Waals surface area contributed by atoms with Crippen LogP contribution in [0.15, 0.2) is 22.7 Å². The van der Waals surface area contributed by atoms with Crippen molar-refractivity contribution in [2.75, 3.05) is 19.9 Å². The van der Waals surface area contributed by atoms with Gasteiger partial charge in [-0.1, -0.05) is 15.9 Å². The van der Waals surface area contributed by atoms with Gasteiger partial charge in [0.2, 0.25) is 10.0 Å². The summed E-state index contributed by atoms with van der Waals surface area (Å²) in [7, 11) is -1.59. The van der Waals surface area contributed by atoms with Crippen LogP contribution in [-0.2, 0) is 16.6 Å². The van der Waals surface area contributed by atoms with Gasteiger partial charge in [-0.3, -0.25) is 0 Å². The van der Waals surface area contributed by atoms with Crippen LogP contribution < -0.4 is 14.8 Å². The second-order valence-electron chi connectivity index (χ2n) is 5.32. The zero-order valence-corrected chi connectivity index (χ0v) is 14.6. The molecular weight excluding hydrogens is 344 g/mol. The molecule has 0 heterocycles. The van der Waals surface area contributed by atoms with E-state index in [9.17, 15) is 8.42 Å². The van der Waals surface area contributed by atoms with Crippen molar-refractivity contribution in [2.24, 2.45) is 0 Å². The molecule has 2 N–H and O–H groups in total. The average Bonchev–Trinajstić information content (AvgIpc) is 2.25. The molecular formula is C13H21BrN2O3S. The molecule has 20 heavy (non-hydrogen) atoms. The van der Waals surface area contributed by atoms with Gasteiger partial charge in [0.1, 0.15) is 5.75 Å². The van der Waals surface area contributed by atoms with Gasteiger partial charge in [0.05, 0.1) is 13.4 Å². The van der Waals surface area contributed by atoms with E-state index in [1.807, 2.05) is 32.0 Å². The second-order valence-corrected chi connectivity index (χ2v) is 7.98. The highest BCUT2D eigenvalue weighted by Gasteiger charge is 2.21. The molecule has 0 unspecified atom stereocenters. The Kier molecular flexibility index (Phi) is 6.00. The number of nitrogens with one attached hydrogen (secondary N) is 2. The van der Waals surface area contributed by atoms with Crippen LogP contribution in [-0.4, -0.2) is 33.9 Å².